The summed E-state index contributed by atoms with van der Waals surface area (Å²) in [5.74, 6) is 1.27. The molecule has 0 amide bonds. The van der Waals surface area contributed by atoms with Gasteiger partial charge in [-0.1, -0.05) is 18.2 Å². The Balaban J connectivity index is 0.000000280. The Morgan fingerprint density at radius 2 is 1.68 bits per heavy atom. The van der Waals surface area contributed by atoms with Crippen LogP contribution in [-0.2, 0) is 19.4 Å². The minimum atomic E-state index is -0.296. The van der Waals surface area contributed by atoms with Crippen LogP contribution in [0.3, 0.4) is 0 Å². The molecule has 1 aliphatic carbocycles. The molecule has 0 atom stereocenters. The highest BCUT2D eigenvalue weighted by molar-refractivity contribution is 5.51. The minimum Gasteiger partial charge on any atom is -0.508 e. The number of rotatable bonds is 9. The lowest BCUT2D eigenvalue weighted by Gasteiger charge is -2.24. The average molecular weight is 547 g/mol. The monoisotopic (exact) mass is 546 g/mol. The van der Waals surface area contributed by atoms with Crippen molar-refractivity contribution in [2.45, 2.75) is 52.0 Å². The van der Waals surface area contributed by atoms with Gasteiger partial charge in [-0.3, -0.25) is 4.90 Å². The number of terminal acetylenes is 1. The molecule has 214 valence electrons. The van der Waals surface area contributed by atoms with Crippen molar-refractivity contribution in [2.75, 3.05) is 44.8 Å². The second-order valence-corrected chi connectivity index (χ2v) is 10.0. The minimum absolute atomic E-state index is 0.296. The molecule has 3 aromatic carbocycles. The first kappa shape index (κ1) is 30.8. The fourth-order valence-corrected chi connectivity index (χ4v) is 5.18. The number of fused-ring (bicyclic) bond motifs is 1. The van der Waals surface area contributed by atoms with Crippen molar-refractivity contribution in [1.29, 1.82) is 0 Å². The molecule has 1 heterocycles. The van der Waals surface area contributed by atoms with E-state index in [2.05, 4.69) is 29.6 Å². The molecule has 2 aliphatic rings. The quantitative estimate of drug-likeness (QED) is 0.297. The molecule has 1 saturated heterocycles. The fourth-order valence-electron chi connectivity index (χ4n) is 5.18. The Morgan fingerprint density at radius 1 is 0.925 bits per heavy atom. The van der Waals surface area contributed by atoms with Gasteiger partial charge in [-0.25, -0.2) is 4.39 Å². The van der Waals surface area contributed by atoms with Gasteiger partial charge in [-0.2, -0.15) is 0 Å². The number of hydrogen-bond donors (Lipinski definition) is 1. The number of nitrogens with zero attached hydrogens (tertiary/aromatic N) is 2. The lowest BCUT2D eigenvalue weighted by Crippen LogP contribution is -2.25. The van der Waals surface area contributed by atoms with Crippen LogP contribution in [0.1, 0.15) is 49.3 Å². The predicted molar refractivity (Wildman–Crippen MR) is 162 cm³/mol. The first-order chi connectivity index (χ1) is 19.6. The van der Waals surface area contributed by atoms with E-state index < -0.39 is 0 Å². The summed E-state index contributed by atoms with van der Waals surface area (Å²) < 4.78 is 25.4. The topological polar surface area (TPSA) is 45.2 Å². The average Bonchev–Trinajstić information content (AvgIpc) is 3.52. The number of aryl methyl sites for hydroxylation is 2. The smallest absolute Gasteiger partial charge is 0.165 e. The maximum absolute atomic E-state index is 14.4. The van der Waals surface area contributed by atoms with Crippen LogP contribution in [0.15, 0.2) is 60.7 Å². The van der Waals surface area contributed by atoms with Crippen molar-refractivity contribution in [3.63, 3.8) is 0 Å². The van der Waals surface area contributed by atoms with E-state index in [0.717, 1.165) is 49.6 Å². The van der Waals surface area contributed by atoms with Crippen molar-refractivity contribution >= 4 is 5.69 Å². The van der Waals surface area contributed by atoms with Gasteiger partial charge >= 0.3 is 0 Å². The number of ether oxygens (including phenoxy) is 2. The molecule has 40 heavy (non-hydrogen) atoms. The Bertz CT molecular complexity index is 1210. The largest absolute Gasteiger partial charge is 0.508 e. The van der Waals surface area contributed by atoms with Crippen LogP contribution in [0.4, 0.5) is 10.1 Å². The highest BCUT2D eigenvalue weighted by atomic mass is 19.1. The molecule has 0 unspecified atom stereocenters. The van der Waals surface area contributed by atoms with Crippen LogP contribution >= 0.6 is 0 Å². The molecule has 5 rings (SSSR count). The number of aromatic hydroxyl groups is 1. The molecule has 3 aromatic rings. The second kappa shape index (κ2) is 16.4. The number of anilines is 1. The first-order valence-electron chi connectivity index (χ1n) is 14.2. The van der Waals surface area contributed by atoms with Crippen molar-refractivity contribution in [3.05, 3.63) is 83.2 Å². The Morgan fingerprint density at radius 3 is 2.38 bits per heavy atom. The van der Waals surface area contributed by atoms with Gasteiger partial charge in [0.15, 0.2) is 11.6 Å². The first-order valence-corrected chi connectivity index (χ1v) is 14.2. The summed E-state index contributed by atoms with van der Waals surface area (Å²) in [6.07, 6.45) is 15.4. The van der Waals surface area contributed by atoms with Gasteiger partial charge in [0.1, 0.15) is 18.1 Å². The van der Waals surface area contributed by atoms with Gasteiger partial charge < -0.3 is 19.5 Å². The summed E-state index contributed by atoms with van der Waals surface area (Å²) in [6.45, 7) is 7.19. The van der Waals surface area contributed by atoms with Crippen LogP contribution in [0, 0.1) is 18.7 Å². The van der Waals surface area contributed by atoms with Gasteiger partial charge in [0.2, 0.25) is 0 Å². The van der Waals surface area contributed by atoms with Gasteiger partial charge in [0.25, 0.3) is 0 Å². The maximum Gasteiger partial charge on any atom is 0.165 e. The molecule has 0 bridgehead atoms. The molecule has 1 aliphatic heterocycles. The molecule has 0 spiro atoms. The van der Waals surface area contributed by atoms with E-state index in [1.807, 2.05) is 42.5 Å². The standard InChI is InChI=1S/C22H29FN2O2.C10H12O.C2H2/c1-3-25(19-7-6-8-20(16-19)26-2)17-18-9-10-22(21(23)15-18)27-14-13-24-11-4-5-12-24;11-10-6-5-8-3-1-2-4-9(8)7-10;1-2/h6-10,15-16H,3-5,11-14,17H2,1-2H3;5-7,11H,1-4H2;1-2H. The normalized spacial score (nSPS) is 14.1. The summed E-state index contributed by atoms with van der Waals surface area (Å²) in [5.41, 5.74) is 4.75. The van der Waals surface area contributed by atoms with Crippen molar-refractivity contribution in [1.82, 2.24) is 4.90 Å². The van der Waals surface area contributed by atoms with Gasteiger partial charge in [0.05, 0.1) is 7.11 Å². The van der Waals surface area contributed by atoms with E-state index in [1.54, 1.807) is 25.3 Å². The highest BCUT2D eigenvalue weighted by Gasteiger charge is 2.13. The van der Waals surface area contributed by atoms with Crippen molar-refractivity contribution < 1.29 is 19.0 Å². The number of halogens is 1. The summed E-state index contributed by atoms with van der Waals surface area (Å²) in [4.78, 5) is 4.55. The van der Waals surface area contributed by atoms with Crippen LogP contribution < -0.4 is 14.4 Å². The number of phenolic OH excluding ortho intramolecular Hbond substituents is 1. The zero-order chi connectivity index (χ0) is 28.7. The lowest BCUT2D eigenvalue weighted by molar-refractivity contribution is 0.231. The van der Waals surface area contributed by atoms with E-state index in [4.69, 9.17) is 9.47 Å². The van der Waals surface area contributed by atoms with Gasteiger partial charge in [0, 0.05) is 31.4 Å². The zero-order valence-electron chi connectivity index (χ0n) is 23.9. The van der Waals surface area contributed by atoms with Crippen LogP contribution in [0.2, 0.25) is 0 Å². The lowest BCUT2D eigenvalue weighted by atomic mass is 9.92. The molecular formula is C34H43FN2O3. The van der Waals surface area contributed by atoms with Crippen LogP contribution in [-0.4, -0.2) is 49.9 Å². The van der Waals surface area contributed by atoms with Crippen LogP contribution in [0.5, 0.6) is 17.2 Å². The number of hydrogen-bond acceptors (Lipinski definition) is 5. The third-order valence-electron chi connectivity index (χ3n) is 7.37. The number of phenols is 1. The van der Waals surface area contributed by atoms with E-state index in [9.17, 15) is 9.50 Å². The molecule has 5 nitrogen and oxygen atoms in total. The molecule has 0 saturated carbocycles. The van der Waals surface area contributed by atoms with Crippen molar-refractivity contribution in [3.8, 4) is 30.1 Å². The summed E-state index contributed by atoms with van der Waals surface area (Å²) in [5, 5.41) is 9.19. The Hall–Kier alpha value is -3.69. The summed E-state index contributed by atoms with van der Waals surface area (Å²) >= 11 is 0. The molecule has 0 aromatic heterocycles. The Kier molecular flexibility index (Phi) is 12.7. The maximum atomic E-state index is 14.4. The van der Waals surface area contributed by atoms with E-state index in [0.29, 0.717) is 24.7 Å². The third kappa shape index (κ3) is 9.20. The van der Waals surface area contributed by atoms with Gasteiger partial charge in [-0.15, -0.1) is 12.8 Å². The predicted octanol–water partition coefficient (Wildman–Crippen LogP) is 6.86. The summed E-state index contributed by atoms with van der Waals surface area (Å²) in [6, 6.07) is 18.9. The molecular weight excluding hydrogens is 503 g/mol. The fraction of sp³-hybridized carbons (Fsp3) is 0.412. The van der Waals surface area contributed by atoms with E-state index in [1.165, 1.54) is 43.2 Å². The number of methoxy groups -OCH3 is 1. The number of likely N-dealkylation sites (tertiary alicyclic amines) is 1. The molecule has 1 N–H and O–H groups in total. The van der Waals surface area contributed by atoms with E-state index in [-0.39, 0.29) is 5.82 Å². The second-order valence-electron chi connectivity index (χ2n) is 10.0. The van der Waals surface area contributed by atoms with Crippen molar-refractivity contribution in [2.24, 2.45) is 0 Å². The zero-order valence-corrected chi connectivity index (χ0v) is 23.9. The molecule has 6 heteroatoms. The SMILES string of the molecule is C#C.CCN(Cc1ccc(OCCN2CCCC2)c(F)c1)c1cccc(OC)c1.Oc1ccc2c(c1)CCCC2. The Labute approximate surface area is 239 Å². The number of benzene rings is 3. The van der Waals surface area contributed by atoms with E-state index >= 15 is 0 Å². The summed E-state index contributed by atoms with van der Waals surface area (Å²) in [7, 11) is 1.66. The highest BCUT2D eigenvalue weighted by Crippen LogP contribution is 2.25. The van der Waals surface area contributed by atoms with Gasteiger partial charge in [-0.05, 0) is 112 Å². The third-order valence-corrected chi connectivity index (χ3v) is 7.37. The molecule has 0 radical (unpaired) electrons. The molecule has 1 fully saturated rings. The van der Waals surface area contributed by atoms with Crippen LogP contribution in [0.25, 0.3) is 0 Å².